The topological polar surface area (TPSA) is 90.6 Å². The van der Waals surface area contributed by atoms with Crippen LogP contribution in [0.15, 0.2) is 12.2 Å². The fraction of sp³-hybridized carbons (Fsp3) is 0.429. The largest absolute Gasteiger partial charge is 0.459 e. The predicted molar refractivity (Wildman–Crippen MR) is 44.4 cm³/mol. The summed E-state index contributed by atoms with van der Waals surface area (Å²) >= 11 is 0. The SMILES string of the molecule is C=C(C)C(=O)OCCOC(=O)NN. The number of hydrogen-bond donors (Lipinski definition) is 2. The van der Waals surface area contributed by atoms with Crippen molar-refractivity contribution < 1.29 is 19.1 Å². The van der Waals surface area contributed by atoms with Crippen molar-refractivity contribution in [3.05, 3.63) is 12.2 Å². The van der Waals surface area contributed by atoms with E-state index in [2.05, 4.69) is 16.1 Å². The van der Waals surface area contributed by atoms with Crippen molar-refractivity contribution in [1.82, 2.24) is 5.43 Å². The highest BCUT2D eigenvalue weighted by molar-refractivity contribution is 5.86. The van der Waals surface area contributed by atoms with Gasteiger partial charge >= 0.3 is 12.1 Å². The Kier molecular flexibility index (Phi) is 5.29. The molecule has 0 unspecified atom stereocenters. The standard InChI is InChI=1S/C7H12N2O4/c1-5(2)6(10)12-3-4-13-7(11)9-8/h1,3-4,8H2,2H3,(H,9,11). The zero-order valence-electron chi connectivity index (χ0n) is 7.33. The molecule has 0 aromatic rings. The molecular weight excluding hydrogens is 176 g/mol. The molecule has 0 aliphatic heterocycles. The highest BCUT2D eigenvalue weighted by Gasteiger charge is 2.03. The predicted octanol–water partition coefficient (Wildman–Crippen LogP) is -0.294. The molecule has 0 aromatic carbocycles. The number of hydrazine groups is 1. The number of nitrogens with one attached hydrogen (secondary N) is 1. The number of nitrogens with two attached hydrogens (primary N) is 1. The van der Waals surface area contributed by atoms with Gasteiger partial charge in [-0.3, -0.25) is 5.43 Å². The van der Waals surface area contributed by atoms with Gasteiger partial charge in [-0.1, -0.05) is 6.58 Å². The zero-order chi connectivity index (χ0) is 10.3. The molecule has 13 heavy (non-hydrogen) atoms. The van der Waals surface area contributed by atoms with Gasteiger partial charge in [0.2, 0.25) is 0 Å². The third-order valence-electron chi connectivity index (χ3n) is 1.02. The van der Waals surface area contributed by atoms with E-state index in [1.165, 1.54) is 6.92 Å². The second-order valence-electron chi connectivity index (χ2n) is 2.20. The zero-order valence-corrected chi connectivity index (χ0v) is 7.33. The average molecular weight is 188 g/mol. The molecule has 0 bridgehead atoms. The molecule has 0 spiro atoms. The fourth-order valence-corrected chi connectivity index (χ4v) is 0.434. The molecule has 0 radical (unpaired) electrons. The number of rotatable bonds is 4. The van der Waals surface area contributed by atoms with Gasteiger partial charge in [-0.25, -0.2) is 15.4 Å². The lowest BCUT2D eigenvalue weighted by Crippen LogP contribution is -2.31. The normalized spacial score (nSPS) is 8.77. The van der Waals surface area contributed by atoms with Crippen LogP contribution in [0.2, 0.25) is 0 Å². The maximum atomic E-state index is 10.8. The molecule has 0 aliphatic carbocycles. The number of amides is 1. The van der Waals surface area contributed by atoms with E-state index >= 15 is 0 Å². The Hall–Kier alpha value is -1.56. The van der Waals surface area contributed by atoms with Crippen LogP contribution in [-0.4, -0.2) is 25.3 Å². The van der Waals surface area contributed by atoms with Gasteiger partial charge in [0.15, 0.2) is 0 Å². The van der Waals surface area contributed by atoms with Gasteiger partial charge < -0.3 is 9.47 Å². The van der Waals surface area contributed by atoms with Crippen molar-refractivity contribution in [2.24, 2.45) is 5.84 Å². The number of carbonyl (C=O) groups is 2. The summed E-state index contributed by atoms with van der Waals surface area (Å²) in [6.45, 7) is 4.84. The van der Waals surface area contributed by atoms with E-state index in [0.717, 1.165) is 0 Å². The minimum absolute atomic E-state index is 0.0148. The first-order chi connectivity index (χ1) is 6.07. The Balaban J connectivity index is 3.41. The Morgan fingerprint density at radius 1 is 1.38 bits per heavy atom. The van der Waals surface area contributed by atoms with Gasteiger partial charge in [0.1, 0.15) is 13.2 Å². The molecule has 0 saturated carbocycles. The maximum Gasteiger partial charge on any atom is 0.421 e. The van der Waals surface area contributed by atoms with Crippen molar-refractivity contribution >= 4 is 12.1 Å². The van der Waals surface area contributed by atoms with E-state index in [1.807, 2.05) is 0 Å². The summed E-state index contributed by atoms with van der Waals surface area (Å²) in [6, 6.07) is 0. The molecule has 0 rings (SSSR count). The minimum Gasteiger partial charge on any atom is -0.459 e. The van der Waals surface area contributed by atoms with Crippen molar-refractivity contribution in [3.63, 3.8) is 0 Å². The third kappa shape index (κ3) is 5.68. The number of hydrogen-bond acceptors (Lipinski definition) is 5. The number of esters is 1. The lowest BCUT2D eigenvalue weighted by Gasteiger charge is -2.04. The summed E-state index contributed by atoms with van der Waals surface area (Å²) in [5, 5.41) is 0. The van der Waals surface area contributed by atoms with Gasteiger partial charge in [-0.2, -0.15) is 0 Å². The van der Waals surface area contributed by atoms with E-state index in [0.29, 0.717) is 5.57 Å². The summed E-state index contributed by atoms with van der Waals surface area (Å²) in [4.78, 5) is 21.1. The average Bonchev–Trinajstić information content (AvgIpc) is 2.11. The van der Waals surface area contributed by atoms with Crippen molar-refractivity contribution in [3.8, 4) is 0 Å². The summed E-state index contributed by atoms with van der Waals surface area (Å²) in [6.07, 6.45) is -0.772. The lowest BCUT2D eigenvalue weighted by molar-refractivity contribution is -0.139. The highest BCUT2D eigenvalue weighted by Crippen LogP contribution is 1.91. The molecule has 6 nitrogen and oxygen atoms in total. The molecule has 0 aromatic heterocycles. The van der Waals surface area contributed by atoms with Crippen LogP contribution < -0.4 is 11.3 Å². The Labute approximate surface area is 75.6 Å². The summed E-state index contributed by atoms with van der Waals surface area (Å²) in [7, 11) is 0. The van der Waals surface area contributed by atoms with Crippen LogP contribution in [0.4, 0.5) is 4.79 Å². The van der Waals surface area contributed by atoms with Crippen LogP contribution >= 0.6 is 0 Å². The van der Waals surface area contributed by atoms with Crippen LogP contribution in [0.1, 0.15) is 6.92 Å². The van der Waals surface area contributed by atoms with Gasteiger partial charge in [0.05, 0.1) is 0 Å². The molecule has 0 heterocycles. The van der Waals surface area contributed by atoms with Crippen molar-refractivity contribution in [1.29, 1.82) is 0 Å². The van der Waals surface area contributed by atoms with E-state index < -0.39 is 12.1 Å². The Morgan fingerprint density at radius 3 is 2.38 bits per heavy atom. The molecule has 0 saturated heterocycles. The smallest absolute Gasteiger partial charge is 0.421 e. The van der Waals surface area contributed by atoms with Crippen LogP contribution in [-0.2, 0) is 14.3 Å². The van der Waals surface area contributed by atoms with E-state index in [9.17, 15) is 9.59 Å². The monoisotopic (exact) mass is 188 g/mol. The molecule has 0 aliphatic rings. The highest BCUT2D eigenvalue weighted by atomic mass is 16.6. The van der Waals surface area contributed by atoms with Gasteiger partial charge in [0, 0.05) is 5.57 Å². The molecule has 1 amide bonds. The number of carbonyl (C=O) groups excluding carboxylic acids is 2. The van der Waals surface area contributed by atoms with Crippen molar-refractivity contribution in [2.75, 3.05) is 13.2 Å². The molecule has 6 heteroatoms. The van der Waals surface area contributed by atoms with Crippen LogP contribution in [0.5, 0.6) is 0 Å². The summed E-state index contributed by atoms with van der Waals surface area (Å²) in [5.74, 6) is 4.20. The second-order valence-corrected chi connectivity index (χ2v) is 2.20. The van der Waals surface area contributed by atoms with Gasteiger partial charge in [-0.15, -0.1) is 0 Å². The fourth-order valence-electron chi connectivity index (χ4n) is 0.434. The molecular formula is C7H12N2O4. The van der Waals surface area contributed by atoms with Crippen LogP contribution in [0.25, 0.3) is 0 Å². The third-order valence-corrected chi connectivity index (χ3v) is 1.02. The molecule has 0 atom stereocenters. The second kappa shape index (κ2) is 6.01. The lowest BCUT2D eigenvalue weighted by atomic mass is 10.4. The van der Waals surface area contributed by atoms with Crippen LogP contribution in [0, 0.1) is 0 Å². The molecule has 0 fully saturated rings. The first-order valence-electron chi connectivity index (χ1n) is 3.54. The quantitative estimate of drug-likeness (QED) is 0.158. The van der Waals surface area contributed by atoms with Crippen LogP contribution in [0.3, 0.4) is 0 Å². The minimum atomic E-state index is -0.772. The molecule has 74 valence electrons. The molecule has 3 N–H and O–H groups in total. The first-order valence-corrected chi connectivity index (χ1v) is 3.54. The van der Waals surface area contributed by atoms with E-state index in [-0.39, 0.29) is 13.2 Å². The summed E-state index contributed by atoms with van der Waals surface area (Å²) < 4.78 is 9.05. The van der Waals surface area contributed by atoms with E-state index in [4.69, 9.17) is 5.84 Å². The van der Waals surface area contributed by atoms with Gasteiger partial charge in [-0.05, 0) is 6.92 Å². The summed E-state index contributed by atoms with van der Waals surface area (Å²) in [5.41, 5.74) is 2.05. The van der Waals surface area contributed by atoms with E-state index in [1.54, 1.807) is 5.43 Å². The maximum absolute atomic E-state index is 10.8. The first kappa shape index (κ1) is 11.4. The Morgan fingerprint density at radius 2 is 1.92 bits per heavy atom. The van der Waals surface area contributed by atoms with Gasteiger partial charge in [0.25, 0.3) is 0 Å². The van der Waals surface area contributed by atoms with Crippen molar-refractivity contribution in [2.45, 2.75) is 6.92 Å². The number of ether oxygens (including phenoxy) is 2. The Bertz CT molecular complexity index is 215.